The van der Waals surface area contributed by atoms with Crippen LogP contribution in [0.15, 0.2) is 18.3 Å². The van der Waals surface area contributed by atoms with E-state index in [1.165, 1.54) is 0 Å². The number of amides is 1. The molecular weight excluding hydrogens is 391 g/mol. The number of H-pyrrole nitrogens is 1. The molecule has 0 atom stereocenters. The van der Waals surface area contributed by atoms with Crippen LogP contribution in [0.2, 0.25) is 0 Å². The van der Waals surface area contributed by atoms with Gasteiger partial charge >= 0.3 is 19.9 Å². The molecule has 10 nitrogen and oxygen atoms in total. The molecule has 0 aliphatic rings. The first-order valence-corrected chi connectivity index (χ1v) is 10.1. The van der Waals surface area contributed by atoms with E-state index in [-0.39, 0.29) is 6.54 Å². The highest BCUT2D eigenvalue weighted by Gasteiger charge is 2.37. The van der Waals surface area contributed by atoms with E-state index in [0.29, 0.717) is 5.69 Å². The zero-order valence-electron chi connectivity index (χ0n) is 17.1. The van der Waals surface area contributed by atoms with Crippen LogP contribution in [0.4, 0.5) is 4.79 Å². The molecule has 1 amide bonds. The van der Waals surface area contributed by atoms with Crippen LogP contribution in [-0.4, -0.2) is 51.6 Å². The lowest BCUT2D eigenvalue weighted by Crippen LogP contribution is -2.36. The van der Waals surface area contributed by atoms with Crippen molar-refractivity contribution in [3.63, 3.8) is 0 Å². The van der Waals surface area contributed by atoms with Gasteiger partial charge in [0, 0.05) is 11.9 Å². The molecule has 1 aromatic rings. The summed E-state index contributed by atoms with van der Waals surface area (Å²) >= 11 is 0. The topological polar surface area (TPSA) is 127 Å². The lowest BCUT2D eigenvalue weighted by molar-refractivity contribution is -0.138. The van der Waals surface area contributed by atoms with Gasteiger partial charge < -0.3 is 14.8 Å². The number of carbonyl (C=O) groups is 2. The van der Waals surface area contributed by atoms with Crippen molar-refractivity contribution in [2.24, 2.45) is 0 Å². The number of carboxylic acid groups (broad SMARTS) is 1. The number of phosphoric acid groups is 1. The van der Waals surface area contributed by atoms with Gasteiger partial charge in [-0.15, -0.1) is 0 Å². The maximum atomic E-state index is 12.9. The number of aromatic nitrogens is 1. The minimum atomic E-state index is -4.05. The molecule has 1 heterocycles. The van der Waals surface area contributed by atoms with E-state index in [1.54, 1.807) is 59.9 Å². The van der Waals surface area contributed by atoms with Crippen molar-refractivity contribution in [1.82, 2.24) is 9.88 Å². The van der Waals surface area contributed by atoms with Gasteiger partial charge in [0.25, 0.3) is 0 Å². The minimum Gasteiger partial charge on any atom is -0.480 e. The third-order valence-electron chi connectivity index (χ3n) is 2.77. The van der Waals surface area contributed by atoms with Crippen LogP contribution in [0.5, 0.6) is 0 Å². The molecule has 0 bridgehead atoms. The summed E-state index contributed by atoms with van der Waals surface area (Å²) in [4.78, 5) is 27.1. The Morgan fingerprint density at radius 2 is 1.71 bits per heavy atom. The third-order valence-corrected chi connectivity index (χ3v) is 4.74. The van der Waals surface area contributed by atoms with Crippen LogP contribution in [-0.2, 0) is 34.2 Å². The lowest BCUT2D eigenvalue weighted by Gasteiger charge is -2.30. The molecule has 1 rings (SSSR count). The summed E-state index contributed by atoms with van der Waals surface area (Å²) in [6, 6.07) is 3.41. The van der Waals surface area contributed by atoms with E-state index in [2.05, 4.69) is 4.98 Å². The van der Waals surface area contributed by atoms with E-state index in [1.807, 2.05) is 0 Å². The molecule has 28 heavy (non-hydrogen) atoms. The van der Waals surface area contributed by atoms with Crippen LogP contribution in [0.3, 0.4) is 0 Å². The van der Waals surface area contributed by atoms with E-state index in [4.69, 9.17) is 23.4 Å². The number of rotatable bonds is 9. The lowest BCUT2D eigenvalue weighted by atomic mass is 10.2. The van der Waals surface area contributed by atoms with Crippen LogP contribution in [0.1, 0.15) is 47.2 Å². The maximum Gasteiger partial charge on any atom is 0.478 e. The molecule has 0 unspecified atom stereocenters. The fourth-order valence-electron chi connectivity index (χ4n) is 1.99. The van der Waals surface area contributed by atoms with Gasteiger partial charge in [0.05, 0.1) is 17.7 Å². The highest BCUT2D eigenvalue weighted by atomic mass is 31.2. The molecule has 0 spiro atoms. The molecule has 0 saturated carbocycles. The van der Waals surface area contributed by atoms with Crippen molar-refractivity contribution in [3.8, 4) is 0 Å². The first kappa shape index (κ1) is 24.2. The fourth-order valence-corrected chi connectivity index (χ4v) is 3.66. The van der Waals surface area contributed by atoms with E-state index < -0.39 is 44.4 Å². The molecular formula is C17H29N2O8P. The third kappa shape index (κ3) is 9.89. The summed E-state index contributed by atoms with van der Waals surface area (Å²) < 4.78 is 33.7. The van der Waals surface area contributed by atoms with Crippen molar-refractivity contribution in [2.75, 3.05) is 13.3 Å². The highest BCUT2D eigenvalue weighted by Crippen LogP contribution is 2.55. The quantitative estimate of drug-likeness (QED) is 0.457. The second-order valence-electron chi connectivity index (χ2n) is 7.96. The Balaban J connectivity index is 2.74. The Morgan fingerprint density at radius 3 is 2.14 bits per heavy atom. The SMILES string of the molecule is CC(C)(C)OP(=O)(OCOC(=O)N(CC(=O)O)Cc1ccc[nH]1)OC(C)(C)C. The standard InChI is InChI=1S/C17H29N2O8P/c1-16(2,3)26-28(23,27-17(4,5)6)25-12-24-15(22)19(11-14(20)21)10-13-8-7-9-18-13/h7-9,18H,10-12H2,1-6H3,(H,20,21). The molecule has 0 aliphatic carbocycles. The zero-order chi connectivity index (χ0) is 21.6. The predicted octanol–water partition coefficient (Wildman–Crippen LogP) is 3.75. The number of aromatic amines is 1. The summed E-state index contributed by atoms with van der Waals surface area (Å²) in [7, 11) is -4.05. The Hall–Kier alpha value is -1.87. The van der Waals surface area contributed by atoms with Gasteiger partial charge in [0.15, 0.2) is 0 Å². The summed E-state index contributed by atoms with van der Waals surface area (Å²) in [5.74, 6) is -1.21. The Kier molecular flexibility index (Phi) is 8.25. The first-order chi connectivity index (χ1) is 12.7. The molecule has 1 aromatic heterocycles. The number of phosphoric ester groups is 1. The Labute approximate surface area is 164 Å². The predicted molar refractivity (Wildman–Crippen MR) is 101 cm³/mol. The van der Waals surface area contributed by atoms with Crippen LogP contribution < -0.4 is 0 Å². The summed E-state index contributed by atoms with van der Waals surface area (Å²) in [6.45, 7) is 8.72. The molecule has 0 aliphatic heterocycles. The van der Waals surface area contributed by atoms with E-state index >= 15 is 0 Å². The number of hydrogen-bond donors (Lipinski definition) is 2. The van der Waals surface area contributed by atoms with Crippen molar-refractivity contribution < 1.29 is 37.6 Å². The van der Waals surface area contributed by atoms with Gasteiger partial charge in [-0.25, -0.2) is 13.9 Å². The van der Waals surface area contributed by atoms with Crippen LogP contribution >= 0.6 is 7.82 Å². The van der Waals surface area contributed by atoms with Gasteiger partial charge in [0.1, 0.15) is 6.54 Å². The second kappa shape index (κ2) is 9.56. The van der Waals surface area contributed by atoms with Crippen molar-refractivity contribution in [1.29, 1.82) is 0 Å². The largest absolute Gasteiger partial charge is 0.480 e. The molecule has 0 saturated heterocycles. The van der Waals surface area contributed by atoms with Crippen molar-refractivity contribution >= 4 is 19.9 Å². The Bertz CT molecular complexity index is 671. The van der Waals surface area contributed by atoms with Gasteiger partial charge in [-0.3, -0.25) is 18.7 Å². The number of ether oxygens (including phenoxy) is 1. The normalized spacial score (nSPS) is 12.6. The van der Waals surface area contributed by atoms with Gasteiger partial charge in [-0.2, -0.15) is 0 Å². The summed E-state index contributed by atoms with van der Waals surface area (Å²) in [5, 5.41) is 9.00. The van der Waals surface area contributed by atoms with Crippen molar-refractivity contribution in [2.45, 2.75) is 59.3 Å². The van der Waals surface area contributed by atoms with Gasteiger partial charge in [0.2, 0.25) is 6.79 Å². The summed E-state index contributed by atoms with van der Waals surface area (Å²) in [5.41, 5.74) is -1.06. The van der Waals surface area contributed by atoms with Crippen LogP contribution in [0, 0.1) is 0 Å². The summed E-state index contributed by atoms with van der Waals surface area (Å²) in [6.07, 6.45) is 0.696. The van der Waals surface area contributed by atoms with E-state index in [0.717, 1.165) is 4.90 Å². The first-order valence-electron chi connectivity index (χ1n) is 8.61. The average molecular weight is 420 g/mol. The van der Waals surface area contributed by atoms with E-state index in [9.17, 15) is 14.2 Å². The molecule has 0 aromatic carbocycles. The molecule has 160 valence electrons. The molecule has 2 N–H and O–H groups in total. The Morgan fingerprint density at radius 1 is 1.14 bits per heavy atom. The molecule has 11 heteroatoms. The smallest absolute Gasteiger partial charge is 0.478 e. The highest BCUT2D eigenvalue weighted by molar-refractivity contribution is 7.48. The van der Waals surface area contributed by atoms with Gasteiger partial charge in [-0.05, 0) is 53.7 Å². The number of nitrogens with one attached hydrogen (secondary N) is 1. The van der Waals surface area contributed by atoms with Crippen molar-refractivity contribution in [3.05, 3.63) is 24.0 Å². The number of hydrogen-bond acceptors (Lipinski definition) is 7. The van der Waals surface area contributed by atoms with Crippen LogP contribution in [0.25, 0.3) is 0 Å². The van der Waals surface area contributed by atoms with Gasteiger partial charge in [-0.1, -0.05) is 0 Å². The zero-order valence-corrected chi connectivity index (χ0v) is 17.9. The minimum absolute atomic E-state index is 0.00717. The molecule has 0 fully saturated rings. The second-order valence-corrected chi connectivity index (χ2v) is 9.47. The average Bonchev–Trinajstić information content (AvgIpc) is 2.94. The number of nitrogens with zero attached hydrogens (tertiary/aromatic N) is 1. The number of carboxylic acids is 1. The fraction of sp³-hybridized carbons (Fsp3) is 0.647. The maximum absolute atomic E-state index is 12.9. The monoisotopic (exact) mass is 420 g/mol. The number of aliphatic carboxylic acids is 1. The number of carbonyl (C=O) groups excluding carboxylic acids is 1. The molecule has 0 radical (unpaired) electrons.